The Bertz CT molecular complexity index is 1000. The Morgan fingerprint density at radius 1 is 1.22 bits per heavy atom. The van der Waals surface area contributed by atoms with Crippen LogP contribution in [0.4, 0.5) is 13.2 Å². The van der Waals surface area contributed by atoms with E-state index in [1.807, 2.05) is 5.51 Å². The van der Waals surface area contributed by atoms with E-state index in [0.29, 0.717) is 23.7 Å². The molecule has 13 heteroatoms. The number of nitrogens with zero attached hydrogens (tertiary/aromatic N) is 5. The number of aliphatic carboxylic acids is 1. The summed E-state index contributed by atoms with van der Waals surface area (Å²) >= 11 is 1.74. The molecule has 2 aromatic heterocycles. The molecule has 0 spiro atoms. The van der Waals surface area contributed by atoms with Gasteiger partial charge in [-0.1, -0.05) is 0 Å². The van der Waals surface area contributed by atoms with Crippen LogP contribution in [0.5, 0.6) is 0 Å². The molecular formula is C19H23F3N6O3S. The second kappa shape index (κ2) is 8.77. The summed E-state index contributed by atoms with van der Waals surface area (Å²) in [5.41, 5.74) is 3.08. The first-order valence-electron chi connectivity index (χ1n) is 10.3. The molecule has 1 saturated carbocycles. The van der Waals surface area contributed by atoms with Crippen molar-refractivity contribution in [1.29, 1.82) is 0 Å². The molecule has 2 atom stereocenters. The molecule has 2 aliphatic heterocycles. The summed E-state index contributed by atoms with van der Waals surface area (Å²) in [7, 11) is 0. The van der Waals surface area contributed by atoms with E-state index in [-0.39, 0.29) is 5.91 Å². The second-order valence-corrected chi connectivity index (χ2v) is 9.32. The number of rotatable bonds is 4. The van der Waals surface area contributed by atoms with Gasteiger partial charge in [0.25, 0.3) is 5.91 Å². The zero-order chi connectivity index (χ0) is 23.0. The van der Waals surface area contributed by atoms with E-state index in [1.165, 1.54) is 4.88 Å². The topological polar surface area (TPSA) is 113 Å². The fourth-order valence-electron chi connectivity index (χ4n) is 4.08. The standard InChI is InChI=1S/C17H22N6OS.C2HF3O2/c1-10-14(25-9-18-10)8-22-5-11-4-15-20-21-16(17(24)19-13-2-3-13)23(15)7-12(11)6-22;3-2(4,5)1(6)7/h9,11-13H,2-8H2,1H3,(H,19,24);(H,6,7). The third-order valence-corrected chi connectivity index (χ3v) is 6.83. The Morgan fingerprint density at radius 3 is 2.50 bits per heavy atom. The molecule has 0 aromatic carbocycles. The highest BCUT2D eigenvalue weighted by molar-refractivity contribution is 7.09. The normalized spacial score (nSPS) is 22.5. The number of fused-ring (bicyclic) bond motifs is 2. The van der Waals surface area contributed by atoms with Gasteiger partial charge in [-0.3, -0.25) is 9.69 Å². The van der Waals surface area contributed by atoms with Crippen LogP contribution in [0.2, 0.25) is 0 Å². The van der Waals surface area contributed by atoms with Gasteiger partial charge in [-0.25, -0.2) is 9.78 Å². The lowest BCUT2D eigenvalue weighted by molar-refractivity contribution is -0.192. The summed E-state index contributed by atoms with van der Waals surface area (Å²) in [5.74, 6) is -0.161. The molecular weight excluding hydrogens is 449 g/mol. The number of nitrogens with one attached hydrogen (secondary N) is 1. The molecule has 0 radical (unpaired) electrons. The molecule has 2 fully saturated rings. The van der Waals surface area contributed by atoms with E-state index in [0.717, 1.165) is 57.0 Å². The molecule has 0 bridgehead atoms. The molecule has 5 rings (SSSR count). The van der Waals surface area contributed by atoms with Gasteiger partial charge in [0, 0.05) is 43.5 Å². The third kappa shape index (κ3) is 5.09. The van der Waals surface area contributed by atoms with E-state index in [1.54, 1.807) is 11.3 Å². The van der Waals surface area contributed by atoms with Crippen LogP contribution in [0.1, 0.15) is 39.9 Å². The molecule has 2 unspecified atom stereocenters. The predicted octanol–water partition coefficient (Wildman–Crippen LogP) is 1.87. The van der Waals surface area contributed by atoms with Crippen LogP contribution < -0.4 is 5.32 Å². The van der Waals surface area contributed by atoms with E-state index in [9.17, 15) is 18.0 Å². The smallest absolute Gasteiger partial charge is 0.475 e. The molecule has 32 heavy (non-hydrogen) atoms. The molecule has 1 saturated heterocycles. The number of carbonyl (C=O) groups excluding carboxylic acids is 1. The van der Waals surface area contributed by atoms with E-state index >= 15 is 0 Å². The van der Waals surface area contributed by atoms with Crippen LogP contribution in [-0.2, 0) is 24.3 Å². The molecule has 1 amide bonds. The number of alkyl halides is 3. The highest BCUT2D eigenvalue weighted by atomic mass is 32.1. The number of aromatic nitrogens is 4. The van der Waals surface area contributed by atoms with Crippen molar-refractivity contribution in [2.24, 2.45) is 11.8 Å². The summed E-state index contributed by atoms with van der Waals surface area (Å²) < 4.78 is 33.8. The van der Waals surface area contributed by atoms with Crippen molar-refractivity contribution in [3.8, 4) is 0 Å². The first kappa shape index (κ1) is 22.6. The molecule has 4 heterocycles. The van der Waals surface area contributed by atoms with Crippen molar-refractivity contribution >= 4 is 23.2 Å². The van der Waals surface area contributed by atoms with Crippen molar-refractivity contribution in [1.82, 2.24) is 30.0 Å². The number of carboxylic acid groups (broad SMARTS) is 1. The van der Waals surface area contributed by atoms with Crippen LogP contribution in [0.3, 0.4) is 0 Å². The van der Waals surface area contributed by atoms with Gasteiger partial charge in [-0.05, 0) is 31.6 Å². The number of aryl methyl sites for hydroxylation is 1. The summed E-state index contributed by atoms with van der Waals surface area (Å²) in [6.45, 7) is 6.10. The Labute approximate surface area is 185 Å². The minimum Gasteiger partial charge on any atom is -0.475 e. The first-order valence-corrected chi connectivity index (χ1v) is 11.1. The first-order chi connectivity index (χ1) is 15.1. The highest BCUT2D eigenvalue weighted by Crippen LogP contribution is 2.34. The van der Waals surface area contributed by atoms with Crippen molar-refractivity contribution in [3.05, 3.63) is 27.7 Å². The van der Waals surface area contributed by atoms with E-state index < -0.39 is 12.1 Å². The summed E-state index contributed by atoms with van der Waals surface area (Å²) in [4.78, 5) is 29.5. The van der Waals surface area contributed by atoms with Crippen LogP contribution >= 0.6 is 11.3 Å². The Kier molecular flexibility index (Phi) is 6.21. The van der Waals surface area contributed by atoms with Crippen molar-refractivity contribution in [2.45, 2.75) is 51.5 Å². The molecule has 2 aromatic rings. The molecule has 9 nitrogen and oxygen atoms in total. The minimum atomic E-state index is -5.08. The lowest BCUT2D eigenvalue weighted by atomic mass is 9.89. The summed E-state index contributed by atoms with van der Waals surface area (Å²) in [6.07, 6.45) is -1.99. The zero-order valence-corrected chi connectivity index (χ0v) is 18.1. The van der Waals surface area contributed by atoms with Gasteiger partial charge in [0.05, 0.1) is 11.2 Å². The van der Waals surface area contributed by atoms with Gasteiger partial charge in [-0.2, -0.15) is 13.2 Å². The van der Waals surface area contributed by atoms with Crippen molar-refractivity contribution in [2.75, 3.05) is 13.1 Å². The van der Waals surface area contributed by atoms with Crippen LogP contribution in [0.25, 0.3) is 0 Å². The highest BCUT2D eigenvalue weighted by Gasteiger charge is 2.40. The van der Waals surface area contributed by atoms with E-state index in [2.05, 4.69) is 36.9 Å². The van der Waals surface area contributed by atoms with Gasteiger partial charge >= 0.3 is 12.1 Å². The largest absolute Gasteiger partial charge is 0.490 e. The molecule has 2 N–H and O–H groups in total. The third-order valence-electron chi connectivity index (χ3n) is 5.91. The van der Waals surface area contributed by atoms with Crippen molar-refractivity contribution < 1.29 is 27.9 Å². The van der Waals surface area contributed by atoms with E-state index in [4.69, 9.17) is 9.90 Å². The zero-order valence-electron chi connectivity index (χ0n) is 17.3. The number of carbonyl (C=O) groups is 2. The number of amides is 1. The van der Waals surface area contributed by atoms with Gasteiger partial charge in [0.2, 0.25) is 5.82 Å². The fourth-order valence-corrected chi connectivity index (χ4v) is 4.90. The summed E-state index contributed by atoms with van der Waals surface area (Å²) in [5, 5.41) is 18.6. The van der Waals surface area contributed by atoms with Crippen molar-refractivity contribution in [3.63, 3.8) is 0 Å². The van der Waals surface area contributed by atoms with Crippen LogP contribution in [0, 0.1) is 18.8 Å². The molecule has 174 valence electrons. The van der Waals surface area contributed by atoms with Crippen LogP contribution in [0.15, 0.2) is 5.51 Å². The maximum Gasteiger partial charge on any atom is 0.490 e. The lowest BCUT2D eigenvalue weighted by Gasteiger charge is -2.25. The Balaban J connectivity index is 0.000000307. The Morgan fingerprint density at radius 2 is 1.91 bits per heavy atom. The Hall–Kier alpha value is -2.54. The predicted molar refractivity (Wildman–Crippen MR) is 107 cm³/mol. The molecule has 3 aliphatic rings. The lowest BCUT2D eigenvalue weighted by Crippen LogP contribution is -2.33. The monoisotopic (exact) mass is 472 g/mol. The number of carboxylic acids is 1. The number of halogens is 3. The number of hydrogen-bond donors (Lipinski definition) is 2. The minimum absolute atomic E-state index is 0.0603. The second-order valence-electron chi connectivity index (χ2n) is 8.38. The summed E-state index contributed by atoms with van der Waals surface area (Å²) in [6, 6.07) is 0.349. The average Bonchev–Trinajstić information content (AvgIpc) is 3.10. The molecule has 1 aliphatic carbocycles. The average molecular weight is 472 g/mol. The van der Waals surface area contributed by atoms with Gasteiger partial charge < -0.3 is 15.0 Å². The fraction of sp³-hybridized carbons (Fsp3) is 0.632. The number of likely N-dealkylation sites (tertiary alicyclic amines) is 1. The van der Waals surface area contributed by atoms with Gasteiger partial charge in [0.15, 0.2) is 0 Å². The van der Waals surface area contributed by atoms with Gasteiger partial charge in [-0.15, -0.1) is 21.5 Å². The van der Waals surface area contributed by atoms with Crippen LogP contribution in [-0.4, -0.2) is 66.9 Å². The number of thiazole rings is 1. The van der Waals surface area contributed by atoms with Gasteiger partial charge in [0.1, 0.15) is 5.82 Å². The SMILES string of the molecule is Cc1ncsc1CN1CC2Cc3nnc(C(=O)NC4CC4)n3CC2C1.O=C(O)C(F)(F)F. The maximum absolute atomic E-state index is 12.4. The number of hydrogen-bond acceptors (Lipinski definition) is 7. The quantitative estimate of drug-likeness (QED) is 0.699. The maximum atomic E-state index is 12.4.